The van der Waals surface area contributed by atoms with Gasteiger partial charge in [-0.3, -0.25) is 0 Å². The number of hydrogen-bond acceptors (Lipinski definition) is 2. The van der Waals surface area contributed by atoms with Crippen LogP contribution in [0.5, 0.6) is 0 Å². The van der Waals surface area contributed by atoms with E-state index >= 15 is 0 Å². The van der Waals surface area contributed by atoms with Gasteiger partial charge < -0.3 is 11.5 Å². The Kier molecular flexibility index (Phi) is 3.79. The van der Waals surface area contributed by atoms with Crippen molar-refractivity contribution < 1.29 is 0 Å². The van der Waals surface area contributed by atoms with Crippen LogP contribution in [0.2, 0.25) is 0 Å². The predicted octanol–water partition coefficient (Wildman–Crippen LogP) is 3.87. The molecular formula is C17H22N2. The fourth-order valence-electron chi connectivity index (χ4n) is 2.32. The predicted molar refractivity (Wildman–Crippen MR) is 83.3 cm³/mol. The van der Waals surface area contributed by atoms with E-state index in [4.69, 9.17) is 11.5 Å². The number of rotatable bonds is 3. The van der Waals surface area contributed by atoms with Crippen molar-refractivity contribution in [2.75, 3.05) is 11.5 Å². The van der Waals surface area contributed by atoms with Gasteiger partial charge in [-0.2, -0.15) is 0 Å². The first-order valence-electron chi connectivity index (χ1n) is 6.70. The standard InChI is InChI=1S/C17H22N2/c1-11(2)15-10-14(5-7-17(15)19)9-13-4-6-16(18)12(3)8-13/h4-8,10-11H,9,18-19H2,1-3H3. The summed E-state index contributed by atoms with van der Waals surface area (Å²) in [7, 11) is 0. The van der Waals surface area contributed by atoms with Crippen molar-refractivity contribution in [3.05, 3.63) is 58.7 Å². The van der Waals surface area contributed by atoms with E-state index in [1.807, 2.05) is 19.1 Å². The second-order valence-corrected chi connectivity index (χ2v) is 5.49. The minimum absolute atomic E-state index is 0.452. The maximum Gasteiger partial charge on any atom is 0.0349 e. The van der Waals surface area contributed by atoms with E-state index in [1.165, 1.54) is 16.7 Å². The Morgan fingerprint density at radius 3 is 2.05 bits per heavy atom. The second-order valence-electron chi connectivity index (χ2n) is 5.49. The van der Waals surface area contributed by atoms with Crippen LogP contribution in [0.3, 0.4) is 0 Å². The minimum atomic E-state index is 0.452. The lowest BCUT2D eigenvalue weighted by molar-refractivity contribution is 0.866. The van der Waals surface area contributed by atoms with Crippen LogP contribution in [0.4, 0.5) is 11.4 Å². The van der Waals surface area contributed by atoms with Crippen molar-refractivity contribution in [2.45, 2.75) is 33.1 Å². The molecule has 2 rings (SSSR count). The lowest BCUT2D eigenvalue weighted by Gasteiger charge is -2.12. The topological polar surface area (TPSA) is 52.0 Å². The van der Waals surface area contributed by atoms with Crippen LogP contribution in [0, 0.1) is 6.92 Å². The summed E-state index contributed by atoms with van der Waals surface area (Å²) in [6.07, 6.45) is 0.918. The largest absolute Gasteiger partial charge is 0.399 e. The van der Waals surface area contributed by atoms with E-state index in [9.17, 15) is 0 Å². The molecule has 19 heavy (non-hydrogen) atoms. The average molecular weight is 254 g/mol. The summed E-state index contributed by atoms with van der Waals surface area (Å²) >= 11 is 0. The van der Waals surface area contributed by atoms with Crippen molar-refractivity contribution in [2.24, 2.45) is 0 Å². The van der Waals surface area contributed by atoms with Gasteiger partial charge >= 0.3 is 0 Å². The van der Waals surface area contributed by atoms with Crippen LogP contribution in [-0.4, -0.2) is 0 Å². The van der Waals surface area contributed by atoms with Gasteiger partial charge in [0.1, 0.15) is 0 Å². The smallest absolute Gasteiger partial charge is 0.0349 e. The maximum atomic E-state index is 6.01. The van der Waals surface area contributed by atoms with Gasteiger partial charge in [0, 0.05) is 11.4 Å². The molecular weight excluding hydrogens is 232 g/mol. The molecule has 0 aliphatic rings. The molecule has 2 aromatic rings. The quantitative estimate of drug-likeness (QED) is 0.817. The number of hydrogen-bond donors (Lipinski definition) is 2. The van der Waals surface area contributed by atoms with Crippen molar-refractivity contribution in [1.29, 1.82) is 0 Å². The molecule has 0 fully saturated rings. The first-order chi connectivity index (χ1) is 8.97. The highest BCUT2D eigenvalue weighted by atomic mass is 14.6. The van der Waals surface area contributed by atoms with E-state index in [-0.39, 0.29) is 0 Å². The highest BCUT2D eigenvalue weighted by molar-refractivity contribution is 5.52. The zero-order chi connectivity index (χ0) is 14.0. The molecule has 0 heterocycles. The van der Waals surface area contributed by atoms with E-state index in [2.05, 4.69) is 38.1 Å². The summed E-state index contributed by atoms with van der Waals surface area (Å²) in [6.45, 7) is 6.38. The van der Waals surface area contributed by atoms with Crippen LogP contribution < -0.4 is 11.5 Å². The molecule has 0 saturated heterocycles. The molecule has 0 amide bonds. The van der Waals surface area contributed by atoms with Gasteiger partial charge in [-0.25, -0.2) is 0 Å². The summed E-state index contributed by atoms with van der Waals surface area (Å²) in [5.74, 6) is 0.452. The molecule has 0 bridgehead atoms. The Labute approximate surface area is 115 Å². The first kappa shape index (κ1) is 13.5. The van der Waals surface area contributed by atoms with Crippen LogP contribution >= 0.6 is 0 Å². The Morgan fingerprint density at radius 1 is 0.895 bits per heavy atom. The molecule has 0 atom stereocenters. The summed E-state index contributed by atoms with van der Waals surface area (Å²) in [4.78, 5) is 0. The van der Waals surface area contributed by atoms with Crippen molar-refractivity contribution >= 4 is 11.4 Å². The zero-order valence-electron chi connectivity index (χ0n) is 11.9. The number of benzene rings is 2. The lowest BCUT2D eigenvalue weighted by atomic mass is 9.95. The van der Waals surface area contributed by atoms with Crippen LogP contribution in [0.15, 0.2) is 36.4 Å². The van der Waals surface area contributed by atoms with Gasteiger partial charge in [-0.1, -0.05) is 38.1 Å². The molecule has 100 valence electrons. The third-order valence-corrected chi connectivity index (χ3v) is 3.52. The Balaban J connectivity index is 2.28. The molecule has 2 nitrogen and oxygen atoms in total. The number of nitrogen functional groups attached to an aromatic ring is 2. The molecule has 4 N–H and O–H groups in total. The van der Waals surface area contributed by atoms with Crippen molar-refractivity contribution in [1.82, 2.24) is 0 Å². The Bertz CT molecular complexity index is 586. The Hall–Kier alpha value is -1.96. The maximum absolute atomic E-state index is 6.01. The molecule has 0 radical (unpaired) electrons. The third-order valence-electron chi connectivity index (χ3n) is 3.52. The monoisotopic (exact) mass is 254 g/mol. The summed E-state index contributed by atoms with van der Waals surface area (Å²) < 4.78 is 0. The van der Waals surface area contributed by atoms with Gasteiger partial charge in [0.2, 0.25) is 0 Å². The highest BCUT2D eigenvalue weighted by Crippen LogP contribution is 2.24. The number of anilines is 2. The zero-order valence-corrected chi connectivity index (χ0v) is 11.9. The summed E-state index contributed by atoms with van der Waals surface area (Å²) in [6, 6.07) is 12.5. The molecule has 0 unspecified atom stereocenters. The molecule has 0 aliphatic heterocycles. The minimum Gasteiger partial charge on any atom is -0.399 e. The number of nitrogens with two attached hydrogens (primary N) is 2. The van der Waals surface area contributed by atoms with Crippen molar-refractivity contribution in [3.8, 4) is 0 Å². The van der Waals surface area contributed by atoms with Crippen LogP contribution in [0.25, 0.3) is 0 Å². The molecule has 0 spiro atoms. The fraction of sp³-hybridized carbons (Fsp3) is 0.294. The van der Waals surface area contributed by atoms with E-state index < -0.39 is 0 Å². The first-order valence-corrected chi connectivity index (χ1v) is 6.70. The van der Waals surface area contributed by atoms with Gasteiger partial charge in [-0.15, -0.1) is 0 Å². The van der Waals surface area contributed by atoms with E-state index in [0.717, 1.165) is 23.4 Å². The lowest BCUT2D eigenvalue weighted by Crippen LogP contribution is -1.99. The normalized spacial score (nSPS) is 10.9. The van der Waals surface area contributed by atoms with Gasteiger partial charge in [-0.05, 0) is 53.6 Å². The summed E-state index contributed by atoms with van der Waals surface area (Å²) in [5, 5.41) is 0. The summed E-state index contributed by atoms with van der Waals surface area (Å²) in [5.41, 5.74) is 18.5. The number of aryl methyl sites for hydroxylation is 1. The molecule has 2 heteroatoms. The Morgan fingerprint density at radius 2 is 1.47 bits per heavy atom. The third kappa shape index (κ3) is 3.08. The molecule has 0 saturated carbocycles. The highest BCUT2D eigenvalue weighted by Gasteiger charge is 2.06. The van der Waals surface area contributed by atoms with Gasteiger partial charge in [0.25, 0.3) is 0 Å². The van der Waals surface area contributed by atoms with E-state index in [1.54, 1.807) is 0 Å². The van der Waals surface area contributed by atoms with E-state index in [0.29, 0.717) is 5.92 Å². The van der Waals surface area contributed by atoms with Crippen LogP contribution in [0.1, 0.15) is 42.0 Å². The molecule has 0 aliphatic carbocycles. The second kappa shape index (κ2) is 5.35. The SMILES string of the molecule is Cc1cc(Cc2ccc(N)c(C(C)C)c2)ccc1N. The van der Waals surface area contributed by atoms with Gasteiger partial charge in [0.05, 0.1) is 0 Å². The fourth-order valence-corrected chi connectivity index (χ4v) is 2.32. The van der Waals surface area contributed by atoms with Gasteiger partial charge in [0.15, 0.2) is 0 Å². The molecule has 0 aromatic heterocycles. The van der Waals surface area contributed by atoms with Crippen LogP contribution in [-0.2, 0) is 6.42 Å². The van der Waals surface area contributed by atoms with Crippen molar-refractivity contribution in [3.63, 3.8) is 0 Å². The average Bonchev–Trinajstić information content (AvgIpc) is 2.36. The molecule has 2 aromatic carbocycles.